The highest BCUT2D eigenvalue weighted by atomic mass is 35.5. The topological polar surface area (TPSA) is 26.0 Å². The summed E-state index contributed by atoms with van der Waals surface area (Å²) in [5.74, 6) is 0. The molecule has 0 spiro atoms. The Hall–Kier alpha value is -0.790. The van der Waals surface area contributed by atoms with Gasteiger partial charge in [0.05, 0.1) is 0 Å². The molecule has 1 aromatic carbocycles. The molecule has 1 aromatic rings. The van der Waals surface area contributed by atoms with E-state index in [0.717, 1.165) is 0 Å². The largest absolute Gasteiger partial charge is 0.324 e. The SMILES string of the molecule is C[C@H](N)c1ccccc1/C=C/C1(C)CC1.Cl. The van der Waals surface area contributed by atoms with Gasteiger partial charge in [-0.25, -0.2) is 0 Å². The molecule has 2 heteroatoms. The Balaban J connectivity index is 0.00000128. The highest BCUT2D eigenvalue weighted by Gasteiger charge is 2.33. The van der Waals surface area contributed by atoms with Gasteiger partial charge in [-0.05, 0) is 36.3 Å². The zero-order valence-electron chi connectivity index (χ0n) is 9.94. The van der Waals surface area contributed by atoms with Crippen molar-refractivity contribution >= 4 is 18.5 Å². The van der Waals surface area contributed by atoms with E-state index in [-0.39, 0.29) is 18.4 Å². The average molecular weight is 238 g/mol. The Bertz CT molecular complexity index is 378. The zero-order chi connectivity index (χ0) is 10.9. The number of allylic oxidation sites excluding steroid dienone is 1. The highest BCUT2D eigenvalue weighted by molar-refractivity contribution is 5.85. The first-order valence-corrected chi connectivity index (χ1v) is 5.64. The van der Waals surface area contributed by atoms with Crippen molar-refractivity contribution in [3.8, 4) is 0 Å². The van der Waals surface area contributed by atoms with Crippen molar-refractivity contribution < 1.29 is 0 Å². The van der Waals surface area contributed by atoms with Crippen molar-refractivity contribution in [1.82, 2.24) is 0 Å². The van der Waals surface area contributed by atoms with E-state index in [9.17, 15) is 0 Å². The number of benzene rings is 1. The third-order valence-electron chi connectivity index (χ3n) is 3.19. The molecule has 0 saturated heterocycles. The summed E-state index contributed by atoms with van der Waals surface area (Å²) in [6.07, 6.45) is 7.20. The summed E-state index contributed by atoms with van der Waals surface area (Å²) in [5.41, 5.74) is 8.90. The fraction of sp³-hybridized carbons (Fsp3) is 0.429. The molecule has 0 amide bonds. The van der Waals surface area contributed by atoms with Crippen LogP contribution in [0.25, 0.3) is 6.08 Å². The van der Waals surface area contributed by atoms with Gasteiger partial charge in [0.2, 0.25) is 0 Å². The van der Waals surface area contributed by atoms with Gasteiger partial charge in [-0.3, -0.25) is 0 Å². The van der Waals surface area contributed by atoms with E-state index in [1.807, 2.05) is 6.92 Å². The van der Waals surface area contributed by atoms with Gasteiger partial charge in [-0.15, -0.1) is 12.4 Å². The lowest BCUT2D eigenvalue weighted by molar-refractivity contribution is 0.751. The van der Waals surface area contributed by atoms with Crippen molar-refractivity contribution in [2.24, 2.45) is 11.1 Å². The molecule has 1 saturated carbocycles. The summed E-state index contributed by atoms with van der Waals surface area (Å²) in [5, 5.41) is 0. The van der Waals surface area contributed by atoms with Crippen molar-refractivity contribution in [3.63, 3.8) is 0 Å². The number of hydrogen-bond acceptors (Lipinski definition) is 1. The summed E-state index contributed by atoms with van der Waals surface area (Å²) >= 11 is 0. The molecule has 2 N–H and O–H groups in total. The van der Waals surface area contributed by atoms with Crippen LogP contribution in [0.15, 0.2) is 30.3 Å². The van der Waals surface area contributed by atoms with E-state index in [1.165, 1.54) is 24.0 Å². The van der Waals surface area contributed by atoms with Crippen LogP contribution in [0.4, 0.5) is 0 Å². The Kier molecular flexibility index (Phi) is 4.17. The van der Waals surface area contributed by atoms with Gasteiger partial charge in [0, 0.05) is 6.04 Å². The van der Waals surface area contributed by atoms with Crippen molar-refractivity contribution in [2.45, 2.75) is 32.7 Å². The summed E-state index contributed by atoms with van der Waals surface area (Å²) in [6.45, 7) is 4.34. The lowest BCUT2D eigenvalue weighted by atomic mass is 10.00. The van der Waals surface area contributed by atoms with Gasteiger partial charge < -0.3 is 5.73 Å². The van der Waals surface area contributed by atoms with E-state index in [4.69, 9.17) is 5.73 Å². The summed E-state index contributed by atoms with van der Waals surface area (Å²) in [6, 6.07) is 8.48. The Morgan fingerprint density at radius 3 is 2.50 bits per heavy atom. The third kappa shape index (κ3) is 3.10. The van der Waals surface area contributed by atoms with Gasteiger partial charge in [0.15, 0.2) is 0 Å². The standard InChI is InChI=1S/C14H19N.ClH/c1-11(15)13-6-4-3-5-12(13)7-8-14(2)9-10-14;/h3-8,11H,9-10,15H2,1-2H3;1H/b8-7+;/t11-;/m0./s1. The van der Waals surface area contributed by atoms with Crippen LogP contribution >= 0.6 is 12.4 Å². The maximum absolute atomic E-state index is 5.94. The van der Waals surface area contributed by atoms with Crippen LogP contribution in [0.1, 0.15) is 43.9 Å². The second kappa shape index (κ2) is 5.03. The smallest absolute Gasteiger partial charge is 0.0272 e. The molecule has 16 heavy (non-hydrogen) atoms. The second-order valence-corrected chi connectivity index (χ2v) is 4.90. The normalized spacial score (nSPS) is 19.2. The molecule has 2 rings (SSSR count). The lowest BCUT2D eigenvalue weighted by Crippen LogP contribution is -2.06. The van der Waals surface area contributed by atoms with Crippen LogP contribution in [0.5, 0.6) is 0 Å². The van der Waals surface area contributed by atoms with Crippen molar-refractivity contribution in [1.29, 1.82) is 0 Å². The predicted octanol–water partition coefficient (Wildman–Crippen LogP) is 3.94. The minimum atomic E-state index is 0. The zero-order valence-corrected chi connectivity index (χ0v) is 10.8. The van der Waals surface area contributed by atoms with Crippen LogP contribution in [0.3, 0.4) is 0 Å². The maximum Gasteiger partial charge on any atom is 0.0272 e. The number of nitrogens with two attached hydrogens (primary N) is 1. The maximum atomic E-state index is 5.94. The Morgan fingerprint density at radius 2 is 1.94 bits per heavy atom. The number of halogens is 1. The van der Waals surface area contributed by atoms with Gasteiger partial charge >= 0.3 is 0 Å². The van der Waals surface area contributed by atoms with Gasteiger partial charge in [-0.2, -0.15) is 0 Å². The van der Waals surface area contributed by atoms with Crippen LogP contribution in [0.2, 0.25) is 0 Å². The summed E-state index contributed by atoms with van der Waals surface area (Å²) < 4.78 is 0. The minimum absolute atomic E-state index is 0. The van der Waals surface area contributed by atoms with Crippen LogP contribution in [0, 0.1) is 5.41 Å². The molecule has 0 radical (unpaired) electrons. The monoisotopic (exact) mass is 237 g/mol. The molecule has 0 aromatic heterocycles. The molecule has 1 fully saturated rings. The Morgan fingerprint density at radius 1 is 1.31 bits per heavy atom. The van der Waals surface area contributed by atoms with E-state index in [0.29, 0.717) is 5.41 Å². The molecular weight excluding hydrogens is 218 g/mol. The molecule has 0 unspecified atom stereocenters. The van der Waals surface area contributed by atoms with E-state index in [2.05, 4.69) is 43.3 Å². The fourth-order valence-electron chi connectivity index (χ4n) is 1.73. The first-order chi connectivity index (χ1) is 7.11. The van der Waals surface area contributed by atoms with Crippen molar-refractivity contribution in [2.75, 3.05) is 0 Å². The quantitative estimate of drug-likeness (QED) is 0.847. The first kappa shape index (κ1) is 13.3. The van der Waals surface area contributed by atoms with Crippen LogP contribution in [-0.2, 0) is 0 Å². The first-order valence-electron chi connectivity index (χ1n) is 5.64. The number of hydrogen-bond donors (Lipinski definition) is 1. The molecule has 1 nitrogen and oxygen atoms in total. The van der Waals surface area contributed by atoms with Crippen molar-refractivity contribution in [3.05, 3.63) is 41.5 Å². The van der Waals surface area contributed by atoms with E-state index >= 15 is 0 Å². The van der Waals surface area contributed by atoms with Crippen LogP contribution in [-0.4, -0.2) is 0 Å². The Labute approximate surface area is 104 Å². The second-order valence-electron chi connectivity index (χ2n) is 4.90. The minimum Gasteiger partial charge on any atom is -0.324 e. The predicted molar refractivity (Wildman–Crippen MR) is 72.7 cm³/mol. The highest BCUT2D eigenvalue weighted by Crippen LogP contribution is 2.46. The van der Waals surface area contributed by atoms with E-state index < -0.39 is 0 Å². The number of rotatable bonds is 3. The summed E-state index contributed by atoms with van der Waals surface area (Å²) in [4.78, 5) is 0. The molecular formula is C14H20ClN. The van der Waals surface area contributed by atoms with Gasteiger partial charge in [-0.1, -0.05) is 43.3 Å². The average Bonchev–Trinajstić information content (AvgIpc) is 2.95. The van der Waals surface area contributed by atoms with E-state index in [1.54, 1.807) is 0 Å². The molecule has 1 aliphatic carbocycles. The van der Waals surface area contributed by atoms with Gasteiger partial charge in [0.25, 0.3) is 0 Å². The molecule has 1 atom stereocenters. The molecule has 0 bridgehead atoms. The van der Waals surface area contributed by atoms with Gasteiger partial charge in [0.1, 0.15) is 0 Å². The third-order valence-corrected chi connectivity index (χ3v) is 3.19. The van der Waals surface area contributed by atoms with Crippen LogP contribution < -0.4 is 5.73 Å². The molecule has 0 aliphatic heterocycles. The lowest BCUT2D eigenvalue weighted by Gasteiger charge is -2.09. The summed E-state index contributed by atoms with van der Waals surface area (Å²) in [7, 11) is 0. The fourth-order valence-corrected chi connectivity index (χ4v) is 1.73. The molecule has 1 aliphatic rings. The molecule has 88 valence electrons. The molecule has 0 heterocycles.